The average Bonchev–Trinajstić information content (AvgIpc) is 3.49. The molecule has 29 heavy (non-hydrogen) atoms. The van der Waals surface area contributed by atoms with Gasteiger partial charge in [0, 0.05) is 22.9 Å². The zero-order chi connectivity index (χ0) is 19.8. The number of hydrogen-bond donors (Lipinski definition) is 2. The van der Waals surface area contributed by atoms with Crippen molar-refractivity contribution < 1.29 is 9.90 Å². The summed E-state index contributed by atoms with van der Waals surface area (Å²) in [6, 6.07) is 8.50. The predicted octanol–water partition coefficient (Wildman–Crippen LogP) is 5.16. The fourth-order valence-corrected chi connectivity index (χ4v) is 5.42. The highest BCUT2D eigenvalue weighted by Crippen LogP contribution is 2.39. The number of benzene rings is 1. The Labute approximate surface area is 172 Å². The fraction of sp³-hybridized carbons (Fsp3) is 0.542. The third-order valence-corrected chi connectivity index (χ3v) is 7.05. The van der Waals surface area contributed by atoms with Gasteiger partial charge in [0.05, 0.1) is 5.92 Å². The lowest BCUT2D eigenvalue weighted by molar-refractivity contribution is -0.141. The third kappa shape index (κ3) is 3.75. The van der Waals surface area contributed by atoms with E-state index in [1.54, 1.807) is 0 Å². The number of carbonyl (C=O) groups is 1. The monoisotopic (exact) mass is 391 g/mol. The Balaban J connectivity index is 1.35. The molecular weight excluding hydrogens is 362 g/mol. The van der Waals surface area contributed by atoms with E-state index in [0.29, 0.717) is 11.8 Å². The molecule has 3 unspecified atom stereocenters. The van der Waals surface area contributed by atoms with Crippen LogP contribution >= 0.6 is 0 Å². The molecule has 3 atom stereocenters. The van der Waals surface area contributed by atoms with Gasteiger partial charge in [-0.15, -0.1) is 0 Å². The maximum atomic E-state index is 11.3. The second kappa shape index (κ2) is 7.77. The molecule has 5 heteroatoms. The minimum Gasteiger partial charge on any atom is -0.481 e. The van der Waals surface area contributed by atoms with Crippen LogP contribution in [-0.4, -0.2) is 28.8 Å². The number of anilines is 1. The van der Waals surface area contributed by atoms with Crippen molar-refractivity contribution in [1.29, 1.82) is 0 Å². The number of amidine groups is 1. The first-order valence-electron chi connectivity index (χ1n) is 11.1. The van der Waals surface area contributed by atoms with E-state index in [0.717, 1.165) is 43.6 Å². The number of aliphatic carboxylic acids is 1. The highest BCUT2D eigenvalue weighted by molar-refractivity contribution is 6.12. The number of carboxylic acids is 1. The lowest BCUT2D eigenvalue weighted by Gasteiger charge is -2.25. The van der Waals surface area contributed by atoms with Gasteiger partial charge < -0.3 is 10.4 Å². The molecule has 2 fully saturated rings. The summed E-state index contributed by atoms with van der Waals surface area (Å²) in [5.74, 6) is 1.05. The Bertz CT molecular complexity index is 895. The van der Waals surface area contributed by atoms with E-state index >= 15 is 0 Å². The summed E-state index contributed by atoms with van der Waals surface area (Å²) in [4.78, 5) is 21.3. The minimum absolute atomic E-state index is 0.0498. The van der Waals surface area contributed by atoms with Gasteiger partial charge in [-0.05, 0) is 68.6 Å². The maximum Gasteiger partial charge on any atom is 0.306 e. The van der Waals surface area contributed by atoms with Crippen LogP contribution in [0.3, 0.4) is 0 Å². The van der Waals surface area contributed by atoms with Gasteiger partial charge in [0.25, 0.3) is 0 Å². The molecule has 0 aromatic heterocycles. The highest BCUT2D eigenvalue weighted by Gasteiger charge is 2.32. The lowest BCUT2D eigenvalue weighted by Crippen LogP contribution is -2.30. The van der Waals surface area contributed by atoms with Gasteiger partial charge in [0.2, 0.25) is 0 Å². The molecule has 2 N–H and O–H groups in total. The van der Waals surface area contributed by atoms with E-state index in [4.69, 9.17) is 9.98 Å². The lowest BCUT2D eigenvalue weighted by atomic mass is 9.95. The van der Waals surface area contributed by atoms with E-state index in [2.05, 4.69) is 35.7 Å². The molecule has 0 bridgehead atoms. The summed E-state index contributed by atoms with van der Waals surface area (Å²) in [5.41, 5.74) is 4.76. The molecule has 0 amide bonds. The number of carboxylic acid groups (broad SMARTS) is 1. The van der Waals surface area contributed by atoms with Gasteiger partial charge in [-0.25, -0.2) is 9.98 Å². The molecule has 0 spiro atoms. The Morgan fingerprint density at radius 3 is 2.76 bits per heavy atom. The van der Waals surface area contributed by atoms with Crippen molar-refractivity contribution in [1.82, 2.24) is 0 Å². The minimum atomic E-state index is -0.655. The van der Waals surface area contributed by atoms with Crippen molar-refractivity contribution in [2.75, 3.05) is 5.32 Å². The summed E-state index contributed by atoms with van der Waals surface area (Å²) in [5, 5.41) is 13.0. The molecule has 0 radical (unpaired) electrons. The van der Waals surface area contributed by atoms with Crippen LogP contribution in [0, 0.1) is 11.8 Å². The number of allylic oxidation sites excluding steroid dienone is 1. The Morgan fingerprint density at radius 2 is 1.97 bits per heavy atom. The largest absolute Gasteiger partial charge is 0.481 e. The van der Waals surface area contributed by atoms with Gasteiger partial charge in [0.15, 0.2) is 0 Å². The van der Waals surface area contributed by atoms with Crippen molar-refractivity contribution in [3.63, 3.8) is 0 Å². The van der Waals surface area contributed by atoms with Crippen LogP contribution in [0.15, 0.2) is 45.9 Å². The quantitative estimate of drug-likeness (QED) is 0.728. The van der Waals surface area contributed by atoms with Gasteiger partial charge in [0.1, 0.15) is 12.0 Å². The van der Waals surface area contributed by atoms with Gasteiger partial charge in [-0.1, -0.05) is 31.1 Å². The van der Waals surface area contributed by atoms with Crippen LogP contribution in [0.5, 0.6) is 0 Å². The second-order valence-electron chi connectivity index (χ2n) is 8.94. The molecule has 1 aromatic rings. The predicted molar refractivity (Wildman–Crippen MR) is 116 cm³/mol. The van der Waals surface area contributed by atoms with E-state index < -0.39 is 5.97 Å². The second-order valence-corrected chi connectivity index (χ2v) is 8.94. The van der Waals surface area contributed by atoms with Crippen molar-refractivity contribution in [3.05, 3.63) is 41.5 Å². The topological polar surface area (TPSA) is 74.0 Å². The van der Waals surface area contributed by atoms with Crippen molar-refractivity contribution in [3.8, 4) is 0 Å². The summed E-state index contributed by atoms with van der Waals surface area (Å²) in [7, 11) is 0. The van der Waals surface area contributed by atoms with Gasteiger partial charge >= 0.3 is 5.97 Å². The molecule has 152 valence electrons. The number of aliphatic imine (C=N–C) groups is 2. The Kier molecular flexibility index (Phi) is 4.98. The number of hydrogen-bond acceptors (Lipinski definition) is 4. The van der Waals surface area contributed by atoms with Gasteiger partial charge in [-0.3, -0.25) is 4.79 Å². The standard InChI is InChI=1S/C24H29N3O2/c28-24(29)18-12-11-17(13-18)16-7-3-8-19(14-16)25-23-20-9-4-10-21(20)26-22(27-23)15-5-1-2-6-15/h3,7-9,14-15,17-18,23,25H,1-2,4-6,10-13H2,(H,28,29). The molecule has 4 aliphatic rings. The smallest absolute Gasteiger partial charge is 0.306 e. The van der Waals surface area contributed by atoms with Crippen LogP contribution in [0.2, 0.25) is 0 Å². The molecule has 1 aromatic carbocycles. The summed E-state index contributed by atoms with van der Waals surface area (Å²) in [6.07, 6.45) is 11.8. The fourth-order valence-electron chi connectivity index (χ4n) is 5.42. The van der Waals surface area contributed by atoms with Gasteiger partial charge in [-0.2, -0.15) is 0 Å². The molecule has 0 saturated heterocycles. The Morgan fingerprint density at radius 1 is 1.10 bits per heavy atom. The van der Waals surface area contributed by atoms with E-state index in [-0.39, 0.29) is 12.1 Å². The number of nitrogens with one attached hydrogen (secondary N) is 1. The summed E-state index contributed by atoms with van der Waals surface area (Å²) < 4.78 is 0. The molecule has 5 rings (SSSR count). The molecule has 5 nitrogen and oxygen atoms in total. The number of fused-ring (bicyclic) bond motifs is 1. The Hall–Kier alpha value is -2.43. The van der Waals surface area contributed by atoms with Crippen LogP contribution in [0.1, 0.15) is 69.3 Å². The van der Waals surface area contributed by atoms with E-state index in [9.17, 15) is 9.90 Å². The highest BCUT2D eigenvalue weighted by atomic mass is 16.4. The van der Waals surface area contributed by atoms with Crippen LogP contribution < -0.4 is 5.32 Å². The maximum absolute atomic E-state index is 11.3. The van der Waals surface area contributed by atoms with Crippen LogP contribution in [0.25, 0.3) is 0 Å². The average molecular weight is 392 g/mol. The molecule has 2 saturated carbocycles. The first-order chi connectivity index (χ1) is 14.2. The molecule has 3 aliphatic carbocycles. The van der Waals surface area contributed by atoms with E-state index in [1.165, 1.54) is 42.5 Å². The molecule has 1 heterocycles. The SMILES string of the molecule is O=C(O)C1CCC(c2cccc(NC3N=C(C4CCCC4)N=C4CCC=C43)c2)C1. The zero-order valence-electron chi connectivity index (χ0n) is 16.8. The van der Waals surface area contributed by atoms with Crippen LogP contribution in [0.4, 0.5) is 5.69 Å². The first kappa shape index (κ1) is 18.6. The van der Waals surface area contributed by atoms with Crippen molar-refractivity contribution in [2.45, 2.75) is 69.9 Å². The molecular formula is C24H29N3O2. The number of nitrogens with zero attached hydrogens (tertiary/aromatic N) is 2. The zero-order valence-corrected chi connectivity index (χ0v) is 16.8. The van der Waals surface area contributed by atoms with E-state index in [1.807, 2.05) is 0 Å². The summed E-state index contributed by atoms with van der Waals surface area (Å²) >= 11 is 0. The third-order valence-electron chi connectivity index (χ3n) is 7.05. The first-order valence-corrected chi connectivity index (χ1v) is 11.1. The summed E-state index contributed by atoms with van der Waals surface area (Å²) in [6.45, 7) is 0. The van der Waals surface area contributed by atoms with Crippen molar-refractivity contribution >= 4 is 23.2 Å². The normalized spacial score (nSPS) is 29.2. The number of rotatable bonds is 5. The van der Waals surface area contributed by atoms with Crippen LogP contribution in [-0.2, 0) is 4.79 Å². The van der Waals surface area contributed by atoms with Crippen molar-refractivity contribution in [2.24, 2.45) is 21.8 Å². The molecule has 1 aliphatic heterocycles.